The maximum atomic E-state index is 14.8. The summed E-state index contributed by atoms with van der Waals surface area (Å²) in [5, 5.41) is 6.78. The first-order valence-electron chi connectivity index (χ1n) is 15.4. The summed E-state index contributed by atoms with van der Waals surface area (Å²) in [6, 6.07) is 10.9. The van der Waals surface area contributed by atoms with Crippen molar-refractivity contribution in [1.82, 2.24) is 25.4 Å². The highest BCUT2D eigenvalue weighted by molar-refractivity contribution is 6.01. The standard InChI is InChI=1S/C34H40FN5O4/c1-20(2)29-18-39(33(43)25-17-24-15-21(3)9-12-28(24)37-22(25)4)19-31(41)36-13-5-7-23-10-11-27(35)26(16-23)34(44)40-14-6-8-30(40)32(42)38-29/h9-12,15-17,20,29-30H,5-8,13-14,18-19H2,1-4H3,(H,36,41)(H,38,42)/t29-,30-/m0/s1. The number of rotatable bonds is 2. The van der Waals surface area contributed by atoms with E-state index in [0.29, 0.717) is 50.0 Å². The molecule has 1 saturated heterocycles. The van der Waals surface area contributed by atoms with E-state index in [0.717, 1.165) is 22.0 Å². The number of halogens is 1. The number of carbonyl (C=O) groups excluding carboxylic acids is 4. The zero-order valence-corrected chi connectivity index (χ0v) is 25.8. The second kappa shape index (κ2) is 13.1. The van der Waals surface area contributed by atoms with Crippen LogP contribution in [0.15, 0.2) is 42.5 Å². The fraction of sp³-hybridized carbons (Fsp3) is 0.441. The fourth-order valence-corrected chi connectivity index (χ4v) is 6.02. The number of amides is 4. The van der Waals surface area contributed by atoms with Gasteiger partial charge in [-0.1, -0.05) is 31.5 Å². The highest BCUT2D eigenvalue weighted by Gasteiger charge is 2.37. The maximum absolute atomic E-state index is 14.8. The van der Waals surface area contributed by atoms with E-state index in [1.807, 2.05) is 45.0 Å². The first-order valence-corrected chi connectivity index (χ1v) is 15.4. The maximum Gasteiger partial charge on any atom is 0.257 e. The van der Waals surface area contributed by atoms with Gasteiger partial charge in [-0.15, -0.1) is 0 Å². The van der Waals surface area contributed by atoms with Crippen molar-refractivity contribution in [1.29, 1.82) is 0 Å². The number of nitrogens with one attached hydrogen (secondary N) is 2. The largest absolute Gasteiger partial charge is 0.355 e. The molecule has 2 aliphatic heterocycles. The van der Waals surface area contributed by atoms with Crippen LogP contribution in [0, 0.1) is 25.6 Å². The summed E-state index contributed by atoms with van der Waals surface area (Å²) < 4.78 is 14.8. The van der Waals surface area contributed by atoms with Gasteiger partial charge in [-0.05, 0) is 81.3 Å². The average Bonchev–Trinajstić information content (AvgIpc) is 3.48. The van der Waals surface area contributed by atoms with Crippen molar-refractivity contribution in [2.45, 2.75) is 65.5 Å². The molecule has 0 radical (unpaired) electrons. The monoisotopic (exact) mass is 601 g/mol. The molecule has 0 saturated carbocycles. The van der Waals surface area contributed by atoms with E-state index in [-0.39, 0.29) is 42.3 Å². The number of fused-ring (bicyclic) bond motifs is 4. The van der Waals surface area contributed by atoms with E-state index in [2.05, 4.69) is 15.6 Å². The number of hydrogen-bond acceptors (Lipinski definition) is 5. The SMILES string of the molecule is Cc1ccc2nc(C)c(C(=O)N3CC(=O)NCCCc4ccc(F)c(c4)C(=O)N4CCC[C@H]4C(=O)N[C@H](C(C)C)C3)cc2c1. The van der Waals surface area contributed by atoms with Gasteiger partial charge < -0.3 is 20.4 Å². The molecule has 10 heteroatoms. The lowest BCUT2D eigenvalue weighted by molar-refractivity contribution is -0.126. The second-order valence-corrected chi connectivity index (χ2v) is 12.3. The fourth-order valence-electron chi connectivity index (χ4n) is 6.02. The molecule has 2 aromatic carbocycles. The van der Waals surface area contributed by atoms with Gasteiger partial charge in [0.15, 0.2) is 0 Å². The average molecular weight is 602 g/mol. The summed E-state index contributed by atoms with van der Waals surface area (Å²) in [5.41, 5.74) is 3.47. The van der Waals surface area contributed by atoms with E-state index in [1.54, 1.807) is 19.1 Å². The van der Waals surface area contributed by atoms with Gasteiger partial charge in [0.1, 0.15) is 11.9 Å². The van der Waals surface area contributed by atoms with Crippen LogP contribution in [0.3, 0.4) is 0 Å². The Morgan fingerprint density at radius 3 is 2.61 bits per heavy atom. The lowest BCUT2D eigenvalue weighted by Crippen LogP contribution is -2.55. The van der Waals surface area contributed by atoms with Gasteiger partial charge in [0.05, 0.1) is 28.9 Å². The van der Waals surface area contributed by atoms with Crippen molar-refractivity contribution in [3.63, 3.8) is 0 Å². The van der Waals surface area contributed by atoms with Crippen LogP contribution >= 0.6 is 0 Å². The molecular formula is C34H40FN5O4. The van der Waals surface area contributed by atoms with Gasteiger partial charge in [-0.2, -0.15) is 0 Å². The third-order valence-corrected chi connectivity index (χ3v) is 8.60. The van der Waals surface area contributed by atoms with Crippen molar-refractivity contribution in [2.75, 3.05) is 26.2 Å². The molecule has 1 fully saturated rings. The lowest BCUT2D eigenvalue weighted by atomic mass is 10.0. The number of pyridine rings is 1. The molecule has 232 valence electrons. The molecule has 3 heterocycles. The number of carbonyl (C=O) groups is 4. The van der Waals surface area contributed by atoms with Gasteiger partial charge in [-0.25, -0.2) is 4.39 Å². The lowest BCUT2D eigenvalue weighted by Gasteiger charge is -2.32. The van der Waals surface area contributed by atoms with Crippen molar-refractivity contribution >= 4 is 34.5 Å². The predicted octanol–water partition coefficient (Wildman–Crippen LogP) is 3.94. The minimum Gasteiger partial charge on any atom is -0.355 e. The van der Waals surface area contributed by atoms with Gasteiger partial charge >= 0.3 is 0 Å². The Morgan fingerprint density at radius 2 is 1.84 bits per heavy atom. The Morgan fingerprint density at radius 1 is 1.05 bits per heavy atom. The Bertz CT molecular complexity index is 1610. The van der Waals surface area contributed by atoms with Crippen LogP contribution < -0.4 is 10.6 Å². The first kappa shape index (κ1) is 31.1. The minimum absolute atomic E-state index is 0.0534. The molecule has 0 unspecified atom stereocenters. The van der Waals surface area contributed by atoms with Gasteiger partial charge in [0.2, 0.25) is 11.8 Å². The van der Waals surface area contributed by atoms with E-state index < -0.39 is 23.8 Å². The zero-order valence-electron chi connectivity index (χ0n) is 25.8. The zero-order chi connectivity index (χ0) is 31.5. The smallest absolute Gasteiger partial charge is 0.257 e. The summed E-state index contributed by atoms with van der Waals surface area (Å²) in [5.74, 6) is -2.26. The number of nitrogens with zero attached hydrogens (tertiary/aromatic N) is 3. The quantitative estimate of drug-likeness (QED) is 0.462. The molecule has 0 aliphatic carbocycles. The summed E-state index contributed by atoms with van der Waals surface area (Å²) in [7, 11) is 0. The molecule has 2 aliphatic rings. The van der Waals surface area contributed by atoms with E-state index in [4.69, 9.17) is 0 Å². The highest BCUT2D eigenvalue weighted by atomic mass is 19.1. The molecule has 0 spiro atoms. The number of hydrogen-bond donors (Lipinski definition) is 2. The Balaban J connectivity index is 1.48. The van der Waals surface area contributed by atoms with Crippen molar-refractivity contribution in [3.8, 4) is 0 Å². The summed E-state index contributed by atoms with van der Waals surface area (Å²) in [4.78, 5) is 62.0. The van der Waals surface area contributed by atoms with Crippen LogP contribution in [-0.2, 0) is 16.0 Å². The highest BCUT2D eigenvalue weighted by Crippen LogP contribution is 2.24. The molecule has 1 aromatic heterocycles. The van der Waals surface area contributed by atoms with E-state index in [9.17, 15) is 23.6 Å². The molecular weight excluding hydrogens is 561 g/mol. The molecule has 2 N–H and O–H groups in total. The van der Waals surface area contributed by atoms with Crippen LogP contribution in [0.25, 0.3) is 10.9 Å². The molecule has 5 rings (SSSR count). The Kier molecular flexibility index (Phi) is 9.27. The van der Waals surface area contributed by atoms with Crippen LogP contribution in [-0.4, -0.2) is 76.7 Å². The van der Waals surface area contributed by atoms with Crippen LogP contribution in [0.1, 0.15) is 70.6 Å². The molecule has 44 heavy (non-hydrogen) atoms. The Labute approximate surface area is 257 Å². The molecule has 3 aromatic rings. The van der Waals surface area contributed by atoms with Crippen LogP contribution in [0.5, 0.6) is 0 Å². The Hall–Kier alpha value is -4.34. The summed E-state index contributed by atoms with van der Waals surface area (Å²) in [6.07, 6.45) is 2.16. The van der Waals surface area contributed by atoms with Crippen molar-refractivity contribution in [3.05, 3.63) is 76.2 Å². The van der Waals surface area contributed by atoms with E-state index >= 15 is 0 Å². The number of aryl methyl sites for hydroxylation is 3. The third-order valence-electron chi connectivity index (χ3n) is 8.60. The first-order chi connectivity index (χ1) is 21.0. The third kappa shape index (κ3) is 6.74. The van der Waals surface area contributed by atoms with Gasteiger partial charge in [-0.3, -0.25) is 24.2 Å². The summed E-state index contributed by atoms with van der Waals surface area (Å²) >= 11 is 0. The van der Waals surface area contributed by atoms with Crippen LogP contribution in [0.2, 0.25) is 0 Å². The van der Waals surface area contributed by atoms with Crippen LogP contribution in [0.4, 0.5) is 4.39 Å². The molecule has 4 amide bonds. The van der Waals surface area contributed by atoms with E-state index in [1.165, 1.54) is 15.9 Å². The van der Waals surface area contributed by atoms with Gasteiger partial charge in [0.25, 0.3) is 11.8 Å². The molecule has 2 atom stereocenters. The van der Waals surface area contributed by atoms with Crippen molar-refractivity contribution < 1.29 is 23.6 Å². The second-order valence-electron chi connectivity index (χ2n) is 12.3. The van der Waals surface area contributed by atoms with Crippen molar-refractivity contribution in [2.24, 2.45) is 5.92 Å². The topological polar surface area (TPSA) is 112 Å². The summed E-state index contributed by atoms with van der Waals surface area (Å²) in [6.45, 7) is 8.19. The normalized spacial score (nSPS) is 20.4. The molecule has 9 nitrogen and oxygen atoms in total. The molecule has 2 bridgehead atoms. The van der Waals surface area contributed by atoms with Gasteiger partial charge in [0, 0.05) is 31.1 Å². The minimum atomic E-state index is -0.759. The number of aromatic nitrogens is 1. The predicted molar refractivity (Wildman–Crippen MR) is 166 cm³/mol. The number of benzene rings is 2.